The summed E-state index contributed by atoms with van der Waals surface area (Å²) in [5.74, 6) is 0. The number of hydrogen-bond acceptors (Lipinski definition) is 6. The van der Waals surface area contributed by atoms with Crippen LogP contribution in [0.1, 0.15) is 48.0 Å². The van der Waals surface area contributed by atoms with E-state index < -0.39 is 6.17 Å². The molecular weight excluding hydrogens is 403 g/mol. The standard InChI is InChI=1S/C25H41FN6/c1-11-13-29-32(10)16-19(5)28-15-18(4)30-22(8)24(20(6)27)14-17(3)21(7)31-23(9)25(26)12-2/h11,13-15,23,25,30-31H,1,6-7,12,16,27H2,2-5,8-10H3/b17-14-,18-15+,24-22-,28-19-,29-13-/t23?,25-/m0/s1. The van der Waals surface area contributed by atoms with Crippen LogP contribution in [-0.4, -0.2) is 42.7 Å². The van der Waals surface area contributed by atoms with Gasteiger partial charge < -0.3 is 16.4 Å². The summed E-state index contributed by atoms with van der Waals surface area (Å²) in [5, 5.41) is 12.4. The van der Waals surface area contributed by atoms with Gasteiger partial charge in [0.1, 0.15) is 6.17 Å². The number of aliphatic imine (C=N–C) groups is 1. The molecule has 0 aromatic rings. The number of nitrogens with two attached hydrogens (primary N) is 1. The van der Waals surface area contributed by atoms with E-state index in [4.69, 9.17) is 5.73 Å². The normalized spacial score (nSPS) is 15.7. The molecule has 0 aromatic heterocycles. The minimum atomic E-state index is -0.937. The van der Waals surface area contributed by atoms with Gasteiger partial charge in [0.2, 0.25) is 0 Å². The number of hydrogen-bond donors (Lipinski definition) is 3. The van der Waals surface area contributed by atoms with Crippen LogP contribution in [0, 0.1) is 0 Å². The molecule has 0 aromatic carbocycles. The Morgan fingerprint density at radius 3 is 2.38 bits per heavy atom. The van der Waals surface area contributed by atoms with Crippen molar-refractivity contribution in [1.29, 1.82) is 0 Å². The average Bonchev–Trinajstić information content (AvgIpc) is 2.73. The van der Waals surface area contributed by atoms with Crippen molar-refractivity contribution in [1.82, 2.24) is 15.6 Å². The second-order valence-corrected chi connectivity index (χ2v) is 7.84. The number of nitrogens with one attached hydrogen (secondary N) is 2. The Kier molecular flexibility index (Phi) is 13.4. The molecule has 7 heteroatoms. The van der Waals surface area contributed by atoms with Crippen molar-refractivity contribution in [2.75, 3.05) is 13.6 Å². The molecule has 0 radical (unpaired) electrons. The first kappa shape index (κ1) is 28.9. The molecule has 0 heterocycles. The highest BCUT2D eigenvalue weighted by Crippen LogP contribution is 2.17. The highest BCUT2D eigenvalue weighted by Gasteiger charge is 2.15. The molecule has 0 fully saturated rings. The van der Waals surface area contributed by atoms with Gasteiger partial charge in [-0.1, -0.05) is 26.7 Å². The van der Waals surface area contributed by atoms with Crippen molar-refractivity contribution in [3.8, 4) is 0 Å². The molecule has 0 aliphatic heterocycles. The molecule has 4 N–H and O–H groups in total. The molecule has 0 saturated heterocycles. The lowest BCUT2D eigenvalue weighted by molar-refractivity contribution is 0.264. The van der Waals surface area contributed by atoms with Crippen LogP contribution in [0.2, 0.25) is 0 Å². The summed E-state index contributed by atoms with van der Waals surface area (Å²) in [4.78, 5) is 4.48. The topological polar surface area (TPSA) is 78.0 Å². The van der Waals surface area contributed by atoms with Crippen LogP contribution < -0.4 is 16.4 Å². The fraction of sp³-hybridized carbons (Fsp3) is 0.440. The summed E-state index contributed by atoms with van der Waals surface area (Å²) in [6, 6.07) is -0.323. The fourth-order valence-corrected chi connectivity index (χ4v) is 2.75. The molecule has 178 valence electrons. The van der Waals surface area contributed by atoms with Gasteiger partial charge >= 0.3 is 0 Å². The van der Waals surface area contributed by atoms with Gasteiger partial charge in [-0.25, -0.2) is 4.39 Å². The highest BCUT2D eigenvalue weighted by atomic mass is 19.1. The van der Waals surface area contributed by atoms with Gasteiger partial charge in [0.25, 0.3) is 0 Å². The molecule has 0 aliphatic carbocycles. The van der Waals surface area contributed by atoms with Crippen molar-refractivity contribution in [2.24, 2.45) is 15.8 Å². The highest BCUT2D eigenvalue weighted by molar-refractivity contribution is 5.84. The fourth-order valence-electron chi connectivity index (χ4n) is 2.75. The first-order chi connectivity index (χ1) is 14.9. The van der Waals surface area contributed by atoms with Gasteiger partial charge in [-0.05, 0) is 58.8 Å². The SMILES string of the molecule is C=C/C=N\N(C)C/C(C)=N\C=C(/C)N/C(C)=C(/C=C(/C)C(=C)NC(C)[C@@H](F)CC)C(=C)N. The molecule has 0 amide bonds. The molecule has 6 nitrogen and oxygen atoms in total. The van der Waals surface area contributed by atoms with Crippen LogP contribution in [0.4, 0.5) is 4.39 Å². The third kappa shape index (κ3) is 11.3. The summed E-state index contributed by atoms with van der Waals surface area (Å²) in [5.41, 5.74) is 11.3. The smallest absolute Gasteiger partial charge is 0.120 e. The number of rotatable bonds is 14. The lowest BCUT2D eigenvalue weighted by Gasteiger charge is -2.21. The zero-order valence-electron chi connectivity index (χ0n) is 20.8. The van der Waals surface area contributed by atoms with Crippen LogP contribution in [-0.2, 0) is 0 Å². The molecule has 0 bridgehead atoms. The van der Waals surface area contributed by atoms with Crippen LogP contribution >= 0.6 is 0 Å². The largest absolute Gasteiger partial charge is 0.399 e. The van der Waals surface area contributed by atoms with Gasteiger partial charge in [0, 0.05) is 53.5 Å². The molecule has 0 rings (SSSR count). The van der Waals surface area contributed by atoms with Gasteiger partial charge in [0.05, 0.1) is 12.6 Å². The number of alkyl halides is 1. The quantitative estimate of drug-likeness (QED) is 0.202. The molecular formula is C25H41FN6. The Hall–Kier alpha value is -3.09. The summed E-state index contributed by atoms with van der Waals surface area (Å²) in [6.07, 6.45) is 6.41. The van der Waals surface area contributed by atoms with Crippen LogP contribution in [0.15, 0.2) is 82.1 Å². The number of halogens is 1. The maximum Gasteiger partial charge on any atom is 0.120 e. The Labute approximate surface area is 193 Å². The van der Waals surface area contributed by atoms with Crippen molar-refractivity contribution >= 4 is 11.9 Å². The van der Waals surface area contributed by atoms with E-state index in [0.717, 1.165) is 28.3 Å². The predicted octanol–water partition coefficient (Wildman–Crippen LogP) is 4.93. The van der Waals surface area contributed by atoms with Crippen LogP contribution in [0.25, 0.3) is 0 Å². The summed E-state index contributed by atoms with van der Waals surface area (Å²) >= 11 is 0. The number of hydrazone groups is 1. The van der Waals surface area contributed by atoms with Crippen molar-refractivity contribution in [2.45, 2.75) is 60.2 Å². The van der Waals surface area contributed by atoms with Crippen molar-refractivity contribution in [3.63, 3.8) is 0 Å². The van der Waals surface area contributed by atoms with Crippen molar-refractivity contribution < 1.29 is 4.39 Å². The number of allylic oxidation sites excluding steroid dienone is 5. The van der Waals surface area contributed by atoms with Crippen molar-refractivity contribution in [3.05, 3.63) is 72.0 Å². The maximum absolute atomic E-state index is 13.9. The monoisotopic (exact) mass is 444 g/mol. The van der Waals surface area contributed by atoms with Gasteiger partial charge in [-0.3, -0.25) is 10.0 Å². The third-order valence-corrected chi connectivity index (χ3v) is 4.61. The first-order valence-electron chi connectivity index (χ1n) is 10.7. The van der Waals surface area contributed by atoms with Crippen LogP contribution in [0.5, 0.6) is 0 Å². The summed E-state index contributed by atoms with van der Waals surface area (Å²) in [6.45, 7) is 23.4. The van der Waals surface area contributed by atoms with E-state index in [2.05, 4.69) is 40.5 Å². The minimum absolute atomic E-state index is 0.323. The molecule has 1 unspecified atom stereocenters. The molecule has 0 spiro atoms. The Bertz CT molecular complexity index is 816. The van der Waals surface area contributed by atoms with Gasteiger partial charge in [-0.15, -0.1) is 0 Å². The second kappa shape index (κ2) is 14.8. The van der Waals surface area contributed by atoms with E-state index >= 15 is 0 Å². The molecule has 0 saturated carbocycles. The molecule has 0 aliphatic rings. The van der Waals surface area contributed by atoms with E-state index in [0.29, 0.717) is 24.4 Å². The van der Waals surface area contributed by atoms with Gasteiger partial charge in [0.15, 0.2) is 0 Å². The van der Waals surface area contributed by atoms with E-state index in [1.807, 2.05) is 47.7 Å². The van der Waals surface area contributed by atoms with E-state index in [1.165, 1.54) is 0 Å². The summed E-state index contributed by atoms with van der Waals surface area (Å²) < 4.78 is 13.9. The number of nitrogens with zero attached hydrogens (tertiary/aromatic N) is 3. The maximum atomic E-state index is 13.9. The van der Waals surface area contributed by atoms with Gasteiger partial charge in [-0.2, -0.15) is 5.10 Å². The Balaban J connectivity index is 5.43. The average molecular weight is 445 g/mol. The lowest BCUT2D eigenvalue weighted by atomic mass is 10.1. The second-order valence-electron chi connectivity index (χ2n) is 7.84. The zero-order chi connectivity index (χ0) is 24.8. The third-order valence-electron chi connectivity index (χ3n) is 4.61. The van der Waals surface area contributed by atoms with E-state index in [-0.39, 0.29) is 6.04 Å². The Morgan fingerprint density at radius 2 is 1.84 bits per heavy atom. The summed E-state index contributed by atoms with van der Waals surface area (Å²) in [7, 11) is 1.87. The minimum Gasteiger partial charge on any atom is -0.399 e. The Morgan fingerprint density at radius 1 is 1.22 bits per heavy atom. The zero-order valence-corrected chi connectivity index (χ0v) is 20.8. The lowest BCUT2D eigenvalue weighted by Crippen LogP contribution is -2.34. The first-order valence-corrected chi connectivity index (χ1v) is 10.7. The molecule has 2 atom stereocenters. The van der Waals surface area contributed by atoms with E-state index in [1.54, 1.807) is 30.4 Å². The van der Waals surface area contributed by atoms with Crippen LogP contribution in [0.3, 0.4) is 0 Å². The van der Waals surface area contributed by atoms with E-state index in [9.17, 15) is 4.39 Å². The predicted molar refractivity (Wildman–Crippen MR) is 138 cm³/mol. The molecule has 32 heavy (non-hydrogen) atoms.